The number of benzene rings is 1. The number of sulfonamides is 1. The molecule has 0 spiro atoms. The number of nitrogens with one attached hydrogen (secondary N) is 1. The monoisotopic (exact) mass is 268 g/mol. The normalized spacial score (nSPS) is 25.3. The van der Waals surface area contributed by atoms with Crippen LogP contribution in [0.25, 0.3) is 0 Å². The van der Waals surface area contributed by atoms with Crippen LogP contribution in [0.5, 0.6) is 0 Å². The van der Waals surface area contributed by atoms with E-state index < -0.39 is 10.0 Å². The number of rotatable bonds is 3. The summed E-state index contributed by atoms with van der Waals surface area (Å²) >= 11 is 0. The van der Waals surface area contributed by atoms with Crippen LogP contribution in [0.15, 0.2) is 29.2 Å². The first-order chi connectivity index (χ1) is 8.45. The highest BCUT2D eigenvalue weighted by Crippen LogP contribution is 2.29. The molecule has 0 bridgehead atoms. The molecule has 0 amide bonds. The van der Waals surface area contributed by atoms with E-state index in [4.69, 9.17) is 0 Å². The van der Waals surface area contributed by atoms with Crippen LogP contribution < -0.4 is 5.32 Å². The minimum Gasteiger partial charge on any atom is -0.388 e. The zero-order chi connectivity index (χ0) is 13.3. The molecule has 1 fully saturated rings. The molecule has 1 aromatic carbocycles. The van der Waals surface area contributed by atoms with Gasteiger partial charge in [0.1, 0.15) is 0 Å². The maximum Gasteiger partial charge on any atom is 0.243 e. The minimum absolute atomic E-state index is 0.0916. The highest BCUT2D eigenvalue weighted by atomic mass is 32.2. The number of nitrogens with zero attached hydrogens (tertiary/aromatic N) is 1. The lowest BCUT2D eigenvalue weighted by molar-refractivity contribution is 0.405. The summed E-state index contributed by atoms with van der Waals surface area (Å²) < 4.78 is 26.6. The molecule has 1 aliphatic rings. The van der Waals surface area contributed by atoms with E-state index in [2.05, 4.69) is 12.2 Å². The molecule has 0 saturated carbocycles. The van der Waals surface area contributed by atoms with Crippen LogP contribution in [0.4, 0.5) is 5.69 Å². The van der Waals surface area contributed by atoms with E-state index >= 15 is 0 Å². The topological polar surface area (TPSA) is 49.4 Å². The molecule has 0 aliphatic carbocycles. The second-order valence-electron chi connectivity index (χ2n) is 5.04. The molecule has 2 rings (SSSR count). The second kappa shape index (κ2) is 4.90. The lowest BCUT2D eigenvalue weighted by Gasteiger charge is -2.21. The van der Waals surface area contributed by atoms with E-state index in [9.17, 15) is 8.42 Å². The molecule has 4 nitrogen and oxygen atoms in total. The van der Waals surface area contributed by atoms with Crippen molar-refractivity contribution in [1.82, 2.24) is 4.31 Å². The van der Waals surface area contributed by atoms with Gasteiger partial charge >= 0.3 is 0 Å². The summed E-state index contributed by atoms with van der Waals surface area (Å²) in [6.45, 7) is 4.69. The van der Waals surface area contributed by atoms with Crippen LogP contribution in [0.3, 0.4) is 0 Å². The van der Waals surface area contributed by atoms with Crippen molar-refractivity contribution in [2.45, 2.75) is 31.2 Å². The van der Waals surface area contributed by atoms with E-state index in [1.165, 1.54) is 0 Å². The fourth-order valence-corrected chi connectivity index (χ4v) is 4.29. The fraction of sp³-hybridized carbons (Fsp3) is 0.538. The van der Waals surface area contributed by atoms with E-state index in [1.807, 2.05) is 14.0 Å². The van der Waals surface area contributed by atoms with Crippen molar-refractivity contribution in [3.63, 3.8) is 0 Å². The highest BCUT2D eigenvalue weighted by Gasteiger charge is 2.35. The second-order valence-corrected chi connectivity index (χ2v) is 6.93. The molecule has 2 unspecified atom stereocenters. The molecule has 5 heteroatoms. The summed E-state index contributed by atoms with van der Waals surface area (Å²) in [7, 11) is -1.53. The molecule has 0 radical (unpaired) electrons. The van der Waals surface area contributed by atoms with Gasteiger partial charge in [-0.25, -0.2) is 8.42 Å². The summed E-state index contributed by atoms with van der Waals surface area (Å²) in [4.78, 5) is 0.377. The maximum atomic E-state index is 12.5. The number of hydrogen-bond donors (Lipinski definition) is 1. The summed E-state index contributed by atoms with van der Waals surface area (Å²) in [5, 5.41) is 2.98. The largest absolute Gasteiger partial charge is 0.388 e. The van der Waals surface area contributed by atoms with E-state index in [0.29, 0.717) is 17.4 Å². The highest BCUT2D eigenvalue weighted by molar-refractivity contribution is 7.89. The first-order valence-corrected chi connectivity index (χ1v) is 7.69. The summed E-state index contributed by atoms with van der Waals surface area (Å²) in [5.74, 6) is 0.436. The zero-order valence-corrected chi connectivity index (χ0v) is 11.9. The van der Waals surface area contributed by atoms with Gasteiger partial charge in [0.15, 0.2) is 0 Å². The van der Waals surface area contributed by atoms with Crippen LogP contribution in [0.1, 0.15) is 20.3 Å². The Kier molecular flexibility index (Phi) is 3.64. The molecule has 18 heavy (non-hydrogen) atoms. The summed E-state index contributed by atoms with van der Waals surface area (Å²) in [5.41, 5.74) is 0.914. The van der Waals surface area contributed by atoms with E-state index in [-0.39, 0.29) is 6.04 Å². The standard InChI is InChI=1S/C13H20N2O2S/c1-10-8-11(2)15(9-10)18(16,17)13-6-4-12(14-3)5-7-13/h4-7,10-11,14H,8-9H2,1-3H3. The van der Waals surface area contributed by atoms with Crippen molar-refractivity contribution < 1.29 is 8.42 Å². The predicted molar refractivity (Wildman–Crippen MR) is 73.1 cm³/mol. The Labute approximate surface area is 109 Å². The van der Waals surface area contributed by atoms with Crippen LogP contribution in [0, 0.1) is 5.92 Å². The van der Waals surface area contributed by atoms with Gasteiger partial charge in [-0.1, -0.05) is 6.92 Å². The molecule has 1 saturated heterocycles. The maximum absolute atomic E-state index is 12.5. The molecule has 100 valence electrons. The first kappa shape index (κ1) is 13.4. The van der Waals surface area contributed by atoms with Gasteiger partial charge < -0.3 is 5.32 Å². The van der Waals surface area contributed by atoms with Crippen molar-refractivity contribution in [2.75, 3.05) is 18.9 Å². The van der Waals surface area contributed by atoms with Crippen molar-refractivity contribution in [2.24, 2.45) is 5.92 Å². The number of hydrogen-bond acceptors (Lipinski definition) is 3. The summed E-state index contributed by atoms with van der Waals surface area (Å²) in [6, 6.07) is 7.00. The van der Waals surface area contributed by atoms with Gasteiger partial charge in [-0.3, -0.25) is 0 Å². The SMILES string of the molecule is CNc1ccc(S(=O)(=O)N2CC(C)CC2C)cc1. The Bertz CT molecular complexity index is 510. The van der Waals surface area contributed by atoms with Gasteiger partial charge in [0.05, 0.1) is 4.90 Å². The van der Waals surface area contributed by atoms with Gasteiger partial charge in [-0.2, -0.15) is 4.31 Å². The third-order valence-corrected chi connectivity index (χ3v) is 5.47. The summed E-state index contributed by atoms with van der Waals surface area (Å²) in [6.07, 6.45) is 0.938. The smallest absolute Gasteiger partial charge is 0.243 e. The van der Waals surface area contributed by atoms with E-state index in [1.54, 1.807) is 28.6 Å². The number of anilines is 1. The van der Waals surface area contributed by atoms with Gasteiger partial charge in [-0.15, -0.1) is 0 Å². The van der Waals surface area contributed by atoms with Gasteiger partial charge in [-0.05, 0) is 43.5 Å². The van der Waals surface area contributed by atoms with Crippen molar-refractivity contribution in [1.29, 1.82) is 0 Å². The van der Waals surface area contributed by atoms with Crippen molar-refractivity contribution >= 4 is 15.7 Å². The molecular formula is C13H20N2O2S. The quantitative estimate of drug-likeness (QED) is 0.914. The molecule has 1 N–H and O–H groups in total. The average Bonchev–Trinajstić information content (AvgIpc) is 2.69. The van der Waals surface area contributed by atoms with Gasteiger partial charge in [0.25, 0.3) is 0 Å². The van der Waals surface area contributed by atoms with Crippen LogP contribution in [-0.4, -0.2) is 32.4 Å². The zero-order valence-electron chi connectivity index (χ0n) is 11.1. The third kappa shape index (κ3) is 2.37. The van der Waals surface area contributed by atoms with Crippen LogP contribution in [0.2, 0.25) is 0 Å². The van der Waals surface area contributed by atoms with Crippen LogP contribution in [-0.2, 0) is 10.0 Å². The lowest BCUT2D eigenvalue weighted by Crippen LogP contribution is -2.33. The van der Waals surface area contributed by atoms with Gasteiger partial charge in [0, 0.05) is 25.3 Å². The van der Waals surface area contributed by atoms with Gasteiger partial charge in [0.2, 0.25) is 10.0 Å². The molecule has 1 aliphatic heterocycles. The lowest BCUT2D eigenvalue weighted by atomic mass is 10.1. The fourth-order valence-electron chi connectivity index (χ4n) is 2.53. The Morgan fingerprint density at radius 2 is 1.83 bits per heavy atom. The third-order valence-electron chi connectivity index (χ3n) is 3.48. The molecular weight excluding hydrogens is 248 g/mol. The Hall–Kier alpha value is -1.07. The van der Waals surface area contributed by atoms with Crippen LogP contribution >= 0.6 is 0 Å². The molecule has 1 heterocycles. The van der Waals surface area contributed by atoms with E-state index in [0.717, 1.165) is 12.1 Å². The first-order valence-electron chi connectivity index (χ1n) is 6.25. The molecule has 2 atom stereocenters. The minimum atomic E-state index is -3.34. The average molecular weight is 268 g/mol. The van der Waals surface area contributed by atoms with Crippen molar-refractivity contribution in [3.05, 3.63) is 24.3 Å². The Morgan fingerprint density at radius 1 is 1.22 bits per heavy atom. The van der Waals surface area contributed by atoms with Crippen molar-refractivity contribution in [3.8, 4) is 0 Å². The Balaban J connectivity index is 2.30. The molecule has 1 aromatic rings. The predicted octanol–water partition coefficient (Wildman–Crippen LogP) is 2.15. The Morgan fingerprint density at radius 3 is 2.28 bits per heavy atom. The molecule has 0 aromatic heterocycles.